The second-order valence-corrected chi connectivity index (χ2v) is 5.91. The number of carboxylic acids is 1. The SMILES string of the molecule is Cc1ccc(C(=O)NCC(=O)N2CCOC(CC(=O)O)C2)cc1C. The molecule has 2 N–H and O–H groups in total. The fourth-order valence-corrected chi connectivity index (χ4v) is 2.52. The van der Waals surface area contributed by atoms with Gasteiger partial charge in [-0.2, -0.15) is 0 Å². The molecule has 0 bridgehead atoms. The van der Waals surface area contributed by atoms with Gasteiger partial charge in [-0.3, -0.25) is 14.4 Å². The quantitative estimate of drug-likeness (QED) is 0.828. The summed E-state index contributed by atoms with van der Waals surface area (Å²) in [4.78, 5) is 36.6. The van der Waals surface area contributed by atoms with Crippen molar-refractivity contribution in [2.45, 2.75) is 26.4 Å². The van der Waals surface area contributed by atoms with E-state index in [1.54, 1.807) is 12.1 Å². The maximum Gasteiger partial charge on any atom is 0.306 e. The molecule has 24 heavy (non-hydrogen) atoms. The predicted molar refractivity (Wildman–Crippen MR) is 86.8 cm³/mol. The van der Waals surface area contributed by atoms with Crippen molar-refractivity contribution in [1.29, 1.82) is 0 Å². The highest BCUT2D eigenvalue weighted by atomic mass is 16.5. The first-order valence-electron chi connectivity index (χ1n) is 7.83. The number of rotatable bonds is 5. The number of hydrogen-bond donors (Lipinski definition) is 2. The molecule has 0 saturated carbocycles. The second kappa shape index (κ2) is 7.92. The summed E-state index contributed by atoms with van der Waals surface area (Å²) >= 11 is 0. The molecule has 1 fully saturated rings. The zero-order valence-electron chi connectivity index (χ0n) is 13.9. The van der Waals surface area contributed by atoms with E-state index in [0.29, 0.717) is 18.7 Å². The van der Waals surface area contributed by atoms with Crippen LogP contribution in [0.4, 0.5) is 0 Å². The summed E-state index contributed by atoms with van der Waals surface area (Å²) in [7, 11) is 0. The highest BCUT2D eigenvalue weighted by Crippen LogP contribution is 2.10. The van der Waals surface area contributed by atoms with E-state index in [0.717, 1.165) is 11.1 Å². The van der Waals surface area contributed by atoms with Crippen LogP contribution in [0, 0.1) is 13.8 Å². The molecular weight excluding hydrogens is 312 g/mol. The van der Waals surface area contributed by atoms with Crippen molar-refractivity contribution >= 4 is 17.8 Å². The lowest BCUT2D eigenvalue weighted by Crippen LogP contribution is -2.49. The maximum absolute atomic E-state index is 12.2. The molecule has 2 rings (SSSR count). The van der Waals surface area contributed by atoms with Crippen LogP contribution in [0.5, 0.6) is 0 Å². The third-order valence-electron chi connectivity index (χ3n) is 4.06. The van der Waals surface area contributed by atoms with Gasteiger partial charge in [0.05, 0.1) is 25.7 Å². The average Bonchev–Trinajstić information content (AvgIpc) is 2.54. The van der Waals surface area contributed by atoms with Crippen LogP contribution in [0.25, 0.3) is 0 Å². The molecule has 1 unspecified atom stereocenters. The topological polar surface area (TPSA) is 95.9 Å². The number of carboxylic acid groups (broad SMARTS) is 1. The Morgan fingerprint density at radius 3 is 2.71 bits per heavy atom. The Kier molecular flexibility index (Phi) is 5.92. The minimum absolute atomic E-state index is 0.119. The number of ether oxygens (including phenoxy) is 1. The summed E-state index contributed by atoms with van der Waals surface area (Å²) in [6.07, 6.45) is -0.644. The van der Waals surface area contributed by atoms with Gasteiger partial charge in [0, 0.05) is 18.7 Å². The summed E-state index contributed by atoms with van der Waals surface area (Å²) in [6.45, 7) is 4.69. The summed E-state index contributed by atoms with van der Waals surface area (Å²) in [5.41, 5.74) is 2.62. The number of carbonyl (C=O) groups excluding carboxylic acids is 2. The first-order chi connectivity index (χ1) is 11.4. The van der Waals surface area contributed by atoms with E-state index in [1.807, 2.05) is 19.9 Å². The Bertz CT molecular complexity index is 644. The Balaban J connectivity index is 1.86. The molecule has 2 amide bonds. The normalized spacial score (nSPS) is 17.4. The zero-order chi connectivity index (χ0) is 17.7. The van der Waals surface area contributed by atoms with Gasteiger partial charge in [0.1, 0.15) is 0 Å². The molecule has 7 heteroatoms. The van der Waals surface area contributed by atoms with Crippen LogP contribution in [0.15, 0.2) is 18.2 Å². The van der Waals surface area contributed by atoms with Crippen LogP contribution in [-0.2, 0) is 14.3 Å². The standard InChI is InChI=1S/C17H22N2O5/c1-11-3-4-13(7-12(11)2)17(23)18-9-15(20)19-5-6-24-14(10-19)8-16(21)22/h3-4,7,14H,5-6,8-10H2,1-2H3,(H,18,23)(H,21,22). The summed E-state index contributed by atoms with van der Waals surface area (Å²) < 4.78 is 5.33. The molecule has 1 atom stereocenters. The van der Waals surface area contributed by atoms with Crippen LogP contribution in [-0.4, -0.2) is 60.1 Å². The molecule has 0 spiro atoms. The van der Waals surface area contributed by atoms with Crippen molar-refractivity contribution in [2.75, 3.05) is 26.2 Å². The molecule has 0 aliphatic carbocycles. The Morgan fingerprint density at radius 2 is 2.04 bits per heavy atom. The van der Waals surface area contributed by atoms with Gasteiger partial charge in [-0.1, -0.05) is 6.07 Å². The van der Waals surface area contributed by atoms with Crippen LogP contribution in [0.3, 0.4) is 0 Å². The van der Waals surface area contributed by atoms with Crippen LogP contribution >= 0.6 is 0 Å². The van der Waals surface area contributed by atoms with Crippen molar-refractivity contribution in [3.63, 3.8) is 0 Å². The number of hydrogen-bond acceptors (Lipinski definition) is 4. The molecule has 0 aromatic heterocycles. The van der Waals surface area contributed by atoms with Crippen molar-refractivity contribution in [1.82, 2.24) is 10.2 Å². The molecule has 130 valence electrons. The van der Waals surface area contributed by atoms with E-state index in [-0.39, 0.29) is 31.3 Å². The van der Waals surface area contributed by atoms with E-state index in [9.17, 15) is 14.4 Å². The molecule has 1 aliphatic rings. The van der Waals surface area contributed by atoms with Crippen molar-refractivity contribution < 1.29 is 24.2 Å². The lowest BCUT2D eigenvalue weighted by atomic mass is 10.1. The predicted octanol–water partition coefficient (Wildman–Crippen LogP) is 0.735. The lowest BCUT2D eigenvalue weighted by molar-refractivity contribution is -0.147. The molecule has 7 nitrogen and oxygen atoms in total. The van der Waals surface area contributed by atoms with Crippen molar-refractivity contribution in [3.05, 3.63) is 34.9 Å². The minimum atomic E-state index is -0.961. The summed E-state index contributed by atoms with van der Waals surface area (Å²) in [5.74, 6) is -1.51. The van der Waals surface area contributed by atoms with Gasteiger partial charge in [0.25, 0.3) is 5.91 Å². The number of amides is 2. The van der Waals surface area contributed by atoms with Crippen LogP contribution < -0.4 is 5.32 Å². The Hall–Kier alpha value is -2.41. The second-order valence-electron chi connectivity index (χ2n) is 5.91. The van der Waals surface area contributed by atoms with Crippen molar-refractivity contribution in [2.24, 2.45) is 0 Å². The fourth-order valence-electron chi connectivity index (χ4n) is 2.52. The maximum atomic E-state index is 12.2. The van der Waals surface area contributed by atoms with Gasteiger partial charge in [-0.15, -0.1) is 0 Å². The number of aliphatic carboxylic acids is 1. The van der Waals surface area contributed by atoms with Gasteiger partial charge < -0.3 is 20.1 Å². The fraction of sp³-hybridized carbons (Fsp3) is 0.471. The van der Waals surface area contributed by atoms with E-state index >= 15 is 0 Å². The number of aryl methyl sites for hydroxylation is 2. The molecule has 0 radical (unpaired) electrons. The highest BCUT2D eigenvalue weighted by molar-refractivity contribution is 5.96. The van der Waals surface area contributed by atoms with Gasteiger partial charge >= 0.3 is 5.97 Å². The average molecular weight is 334 g/mol. The molecule has 1 aromatic rings. The zero-order valence-corrected chi connectivity index (χ0v) is 13.9. The lowest BCUT2D eigenvalue weighted by Gasteiger charge is -2.32. The molecule has 1 aliphatic heterocycles. The van der Waals surface area contributed by atoms with Gasteiger partial charge in [0.15, 0.2) is 0 Å². The van der Waals surface area contributed by atoms with Gasteiger partial charge in [-0.25, -0.2) is 0 Å². The monoisotopic (exact) mass is 334 g/mol. The van der Waals surface area contributed by atoms with E-state index in [2.05, 4.69) is 5.32 Å². The number of morpholine rings is 1. The minimum Gasteiger partial charge on any atom is -0.481 e. The van der Waals surface area contributed by atoms with Gasteiger partial charge in [0.2, 0.25) is 5.91 Å². The largest absolute Gasteiger partial charge is 0.481 e. The van der Waals surface area contributed by atoms with E-state index in [4.69, 9.17) is 9.84 Å². The summed E-state index contributed by atoms with van der Waals surface area (Å²) in [5, 5.41) is 11.4. The molecule has 1 aromatic carbocycles. The molecule has 1 heterocycles. The smallest absolute Gasteiger partial charge is 0.306 e. The number of carbonyl (C=O) groups is 3. The Morgan fingerprint density at radius 1 is 1.29 bits per heavy atom. The molecular formula is C17H22N2O5. The first kappa shape index (κ1) is 17.9. The summed E-state index contributed by atoms with van der Waals surface area (Å²) in [6, 6.07) is 5.37. The third-order valence-corrected chi connectivity index (χ3v) is 4.06. The first-order valence-corrected chi connectivity index (χ1v) is 7.83. The molecule has 1 saturated heterocycles. The van der Waals surface area contributed by atoms with Gasteiger partial charge in [-0.05, 0) is 37.1 Å². The third kappa shape index (κ3) is 4.79. The Labute approximate surface area is 140 Å². The van der Waals surface area contributed by atoms with E-state index < -0.39 is 12.1 Å². The highest BCUT2D eigenvalue weighted by Gasteiger charge is 2.26. The van der Waals surface area contributed by atoms with Crippen LogP contribution in [0.1, 0.15) is 27.9 Å². The number of nitrogens with zero attached hydrogens (tertiary/aromatic N) is 1. The number of benzene rings is 1. The van der Waals surface area contributed by atoms with Crippen molar-refractivity contribution in [3.8, 4) is 0 Å². The number of nitrogens with one attached hydrogen (secondary N) is 1. The van der Waals surface area contributed by atoms with Crippen LogP contribution in [0.2, 0.25) is 0 Å². The van der Waals surface area contributed by atoms with E-state index in [1.165, 1.54) is 4.90 Å².